The van der Waals surface area contributed by atoms with Crippen molar-refractivity contribution in [3.05, 3.63) is 24.7 Å². The molecule has 0 aliphatic rings. The molecule has 8 heteroatoms. The number of hydrogen-bond acceptors (Lipinski definition) is 8. The van der Waals surface area contributed by atoms with Gasteiger partial charge in [0.2, 0.25) is 0 Å². The molecule has 0 aliphatic heterocycles. The summed E-state index contributed by atoms with van der Waals surface area (Å²) in [5, 5.41) is 0. The van der Waals surface area contributed by atoms with Crippen molar-refractivity contribution in [1.29, 1.82) is 0 Å². The number of hydrogen-bond donors (Lipinski definition) is 0. The average molecular weight is 659 g/mol. The summed E-state index contributed by atoms with van der Waals surface area (Å²) in [5.41, 5.74) is -4.78. The van der Waals surface area contributed by atoms with Gasteiger partial charge in [0.05, 0.1) is 71.2 Å². The highest BCUT2D eigenvalue weighted by molar-refractivity contribution is 5.77. The van der Waals surface area contributed by atoms with Crippen LogP contribution in [-0.2, 0) is 38.0 Å². The molecule has 8 nitrogen and oxygen atoms in total. The molecule has 0 N–H and O–H groups in total. The van der Waals surface area contributed by atoms with Gasteiger partial charge in [0.15, 0.2) is 0 Å². The topological polar surface area (TPSA) is 81.7 Å². The number of ether oxygens (including phenoxy) is 7. The van der Waals surface area contributed by atoms with Crippen molar-refractivity contribution in [1.82, 2.24) is 0 Å². The van der Waals surface area contributed by atoms with Crippen LogP contribution < -0.4 is 0 Å². The van der Waals surface area contributed by atoms with Crippen LogP contribution in [0.15, 0.2) is 24.7 Å². The van der Waals surface area contributed by atoms with E-state index in [1.54, 1.807) is 6.92 Å². The molecule has 0 saturated carbocycles. The lowest BCUT2D eigenvalue weighted by atomic mass is 9.88. The molecular weight excluding hydrogens is 584 g/mol. The molecule has 0 amide bonds. The summed E-state index contributed by atoms with van der Waals surface area (Å²) in [6, 6.07) is 0. The Morgan fingerprint density at radius 1 is 0.413 bits per heavy atom. The fraction of sp³-hybridized carbons (Fsp3) is 0.868. The van der Waals surface area contributed by atoms with Crippen LogP contribution in [0.25, 0.3) is 0 Å². The minimum atomic E-state index is -1.20. The number of carbonyl (C=O) groups is 1. The molecular formula is C38H74O8. The van der Waals surface area contributed by atoms with Crippen molar-refractivity contribution in [2.24, 2.45) is 16.2 Å². The summed E-state index contributed by atoms with van der Waals surface area (Å²) in [6.07, 6.45) is 0. The summed E-state index contributed by atoms with van der Waals surface area (Å²) in [5.74, 6) is 0.450. The van der Waals surface area contributed by atoms with Crippen LogP contribution in [0.1, 0.15) is 132 Å². The molecule has 0 bridgehead atoms. The van der Waals surface area contributed by atoms with Gasteiger partial charge < -0.3 is 33.2 Å². The third-order valence-corrected chi connectivity index (χ3v) is 6.66. The molecule has 0 aromatic rings. The molecule has 274 valence electrons. The Morgan fingerprint density at radius 3 is 0.848 bits per heavy atom. The second kappa shape index (κ2) is 16.7. The smallest absolute Gasteiger partial charge is 0.319 e. The third kappa shape index (κ3) is 19.3. The van der Waals surface area contributed by atoms with E-state index in [-0.39, 0.29) is 43.0 Å². The lowest BCUT2D eigenvalue weighted by molar-refractivity contribution is -0.174. The van der Waals surface area contributed by atoms with Crippen LogP contribution in [0.3, 0.4) is 0 Å². The SMILES string of the molecule is C.C=C(OCC(C)(COC(=C)C(C)(COC(C)(C)C)COC(C)(C)C)C(=O)OC(C)(C)C)C(C)(COC(C)(C)C)COC(C)(C)C. The predicted molar refractivity (Wildman–Crippen MR) is 190 cm³/mol. The lowest BCUT2D eigenvalue weighted by Gasteiger charge is -2.39. The maximum Gasteiger partial charge on any atom is 0.319 e. The first-order valence-electron chi connectivity index (χ1n) is 16.1. The quantitative estimate of drug-likeness (QED) is 0.113. The minimum Gasteiger partial charge on any atom is -0.496 e. The van der Waals surface area contributed by atoms with Gasteiger partial charge >= 0.3 is 5.97 Å². The minimum absolute atomic E-state index is 0. The van der Waals surface area contributed by atoms with Gasteiger partial charge in [-0.25, -0.2) is 0 Å². The van der Waals surface area contributed by atoms with Crippen molar-refractivity contribution >= 4 is 5.97 Å². The maximum atomic E-state index is 13.7. The Labute approximate surface area is 284 Å². The molecule has 0 unspecified atom stereocenters. The van der Waals surface area contributed by atoms with Gasteiger partial charge in [0.25, 0.3) is 0 Å². The van der Waals surface area contributed by atoms with E-state index in [0.29, 0.717) is 37.9 Å². The lowest BCUT2D eigenvalue weighted by Crippen LogP contribution is -2.45. The standard InChI is InChI=1S/C37H70O8.CH4/c1-27(35(18,23-41-30(3,4)5)24-42-31(6,7)8)39-21-37(20,29(38)45-34(15,16)17)22-40-28(2)36(19,25-43-32(9,10)11)26-44-33(12,13)14;/h1-2,21-26H2,3-20H3;1H4. The summed E-state index contributed by atoms with van der Waals surface area (Å²) >= 11 is 0. The molecule has 0 saturated heterocycles. The van der Waals surface area contributed by atoms with Crippen LogP contribution in [0.4, 0.5) is 0 Å². The molecule has 0 aromatic heterocycles. The fourth-order valence-electron chi connectivity index (χ4n) is 3.31. The van der Waals surface area contributed by atoms with E-state index in [0.717, 1.165) is 0 Å². The Bertz CT molecular complexity index is 863. The summed E-state index contributed by atoms with van der Waals surface area (Å²) in [4.78, 5) is 13.7. The van der Waals surface area contributed by atoms with E-state index in [1.165, 1.54) is 0 Å². The molecule has 0 atom stereocenters. The molecule has 0 spiro atoms. The number of rotatable bonds is 17. The largest absolute Gasteiger partial charge is 0.496 e. The fourth-order valence-corrected chi connectivity index (χ4v) is 3.31. The molecule has 0 radical (unpaired) electrons. The zero-order valence-corrected chi connectivity index (χ0v) is 32.4. The first-order valence-corrected chi connectivity index (χ1v) is 16.1. The predicted octanol–water partition coefficient (Wildman–Crippen LogP) is 9.30. The molecule has 0 aromatic carbocycles. The van der Waals surface area contributed by atoms with Crippen molar-refractivity contribution in [3.8, 4) is 0 Å². The number of carbonyl (C=O) groups excluding carboxylic acids is 1. The van der Waals surface area contributed by atoms with E-state index in [1.807, 2.05) is 118 Å². The summed E-state index contributed by atoms with van der Waals surface area (Å²) in [7, 11) is 0. The van der Waals surface area contributed by atoms with Crippen LogP contribution in [0, 0.1) is 16.2 Å². The maximum absolute atomic E-state index is 13.7. The van der Waals surface area contributed by atoms with Crippen LogP contribution in [0.2, 0.25) is 0 Å². The first-order chi connectivity index (χ1) is 19.7. The van der Waals surface area contributed by atoms with Gasteiger partial charge in [-0.2, -0.15) is 0 Å². The van der Waals surface area contributed by atoms with Crippen LogP contribution >= 0.6 is 0 Å². The van der Waals surface area contributed by atoms with E-state index in [2.05, 4.69) is 13.2 Å². The Hall–Kier alpha value is -1.61. The monoisotopic (exact) mass is 659 g/mol. The highest BCUT2D eigenvalue weighted by Crippen LogP contribution is 2.36. The first kappa shape index (κ1) is 46.5. The van der Waals surface area contributed by atoms with Crippen molar-refractivity contribution in [2.75, 3.05) is 39.6 Å². The van der Waals surface area contributed by atoms with Gasteiger partial charge in [-0.15, -0.1) is 0 Å². The van der Waals surface area contributed by atoms with Gasteiger partial charge in [-0.3, -0.25) is 4.79 Å². The second-order valence-corrected chi connectivity index (χ2v) is 18.2. The molecule has 46 heavy (non-hydrogen) atoms. The van der Waals surface area contributed by atoms with Crippen LogP contribution in [-0.4, -0.2) is 73.6 Å². The highest BCUT2D eigenvalue weighted by atomic mass is 16.6. The summed E-state index contributed by atoms with van der Waals surface area (Å²) < 4.78 is 43.2. The number of esters is 1. The van der Waals surface area contributed by atoms with E-state index < -0.39 is 27.8 Å². The Balaban J connectivity index is 0. The second-order valence-electron chi connectivity index (χ2n) is 18.2. The van der Waals surface area contributed by atoms with Gasteiger partial charge in [0.1, 0.15) is 24.2 Å². The molecule has 0 fully saturated rings. The van der Waals surface area contributed by atoms with Crippen LogP contribution in [0.5, 0.6) is 0 Å². The van der Waals surface area contributed by atoms with E-state index >= 15 is 0 Å². The zero-order valence-electron chi connectivity index (χ0n) is 32.4. The molecule has 0 aliphatic carbocycles. The van der Waals surface area contributed by atoms with Gasteiger partial charge in [-0.05, 0) is 125 Å². The van der Waals surface area contributed by atoms with Gasteiger partial charge in [0, 0.05) is 0 Å². The molecule has 0 rings (SSSR count). The van der Waals surface area contributed by atoms with Crippen molar-refractivity contribution in [3.63, 3.8) is 0 Å². The highest BCUT2D eigenvalue weighted by Gasteiger charge is 2.43. The Morgan fingerprint density at radius 2 is 0.652 bits per heavy atom. The zero-order chi connectivity index (χ0) is 35.9. The van der Waals surface area contributed by atoms with Gasteiger partial charge in [-0.1, -0.05) is 20.6 Å². The van der Waals surface area contributed by atoms with E-state index in [4.69, 9.17) is 33.2 Å². The van der Waals surface area contributed by atoms with Crippen molar-refractivity contribution in [2.45, 2.75) is 160 Å². The normalized spacial score (nSPS) is 14.0. The summed E-state index contributed by atoms with van der Waals surface area (Å²) in [6.45, 7) is 45.0. The third-order valence-electron chi connectivity index (χ3n) is 6.66. The molecule has 0 heterocycles. The average Bonchev–Trinajstić information content (AvgIpc) is 2.82. The Kier molecular flexibility index (Phi) is 16.9. The van der Waals surface area contributed by atoms with E-state index in [9.17, 15) is 4.79 Å². The van der Waals surface area contributed by atoms with Crippen molar-refractivity contribution < 1.29 is 38.0 Å².